The number of nitriles is 1. The van der Waals surface area contributed by atoms with Gasteiger partial charge < -0.3 is 20.0 Å². The van der Waals surface area contributed by atoms with E-state index in [4.69, 9.17) is 20.2 Å². The van der Waals surface area contributed by atoms with Gasteiger partial charge in [0.1, 0.15) is 11.8 Å². The molecule has 11 heteroatoms. The predicted octanol–water partition coefficient (Wildman–Crippen LogP) is 0.161. The molecule has 0 amide bonds. The van der Waals surface area contributed by atoms with Gasteiger partial charge in [-0.3, -0.25) is 19.6 Å². The minimum atomic E-state index is -4.71. The van der Waals surface area contributed by atoms with Gasteiger partial charge in [-0.25, -0.2) is 4.57 Å². The summed E-state index contributed by atoms with van der Waals surface area (Å²) in [5, 5.41) is 30.2. The van der Waals surface area contributed by atoms with Gasteiger partial charge in [0.15, 0.2) is 0 Å². The van der Waals surface area contributed by atoms with E-state index in [1.54, 1.807) is 6.07 Å². The van der Waals surface area contributed by atoms with Gasteiger partial charge in [0, 0.05) is 23.9 Å². The zero-order valence-electron chi connectivity index (χ0n) is 12.1. The Balaban J connectivity index is 2.98. The van der Waals surface area contributed by atoms with Gasteiger partial charge >= 0.3 is 13.8 Å². The van der Waals surface area contributed by atoms with E-state index in [9.17, 15) is 14.5 Å². The first kappa shape index (κ1) is 19.0. The largest absolute Gasteiger partial charge is 0.506 e. The molecule has 23 heavy (non-hydrogen) atoms. The Morgan fingerprint density at radius 2 is 2.22 bits per heavy atom. The van der Waals surface area contributed by atoms with Gasteiger partial charge in [0.25, 0.3) is 0 Å². The van der Waals surface area contributed by atoms with Crippen molar-refractivity contribution < 1.29 is 33.9 Å². The highest BCUT2D eigenvalue weighted by molar-refractivity contribution is 7.46. The van der Waals surface area contributed by atoms with Crippen molar-refractivity contribution in [2.24, 2.45) is 0 Å². The molecule has 0 aliphatic carbocycles. The van der Waals surface area contributed by atoms with Crippen molar-refractivity contribution in [1.82, 2.24) is 10.3 Å². The van der Waals surface area contributed by atoms with Gasteiger partial charge in [0.2, 0.25) is 0 Å². The van der Waals surface area contributed by atoms with Crippen molar-refractivity contribution >= 4 is 13.8 Å². The number of carboxylic acids is 1. The lowest BCUT2D eigenvalue weighted by atomic mass is 10.1. The van der Waals surface area contributed by atoms with E-state index in [2.05, 4.69) is 14.8 Å². The normalized spacial score (nSPS) is 12.6. The van der Waals surface area contributed by atoms with Crippen molar-refractivity contribution in [1.29, 1.82) is 5.26 Å². The first-order valence-electron chi connectivity index (χ1n) is 6.35. The molecule has 0 fully saturated rings. The number of aliphatic carboxylic acids is 1. The maximum absolute atomic E-state index is 11.0. The molecule has 10 nitrogen and oxygen atoms in total. The Kier molecular flexibility index (Phi) is 6.62. The molecule has 0 spiro atoms. The van der Waals surface area contributed by atoms with Crippen LogP contribution < -0.4 is 5.32 Å². The smallest absolute Gasteiger partial charge is 0.469 e. The molecule has 0 radical (unpaired) electrons. The van der Waals surface area contributed by atoms with Crippen molar-refractivity contribution in [3.63, 3.8) is 0 Å². The molecule has 126 valence electrons. The Labute approximate surface area is 131 Å². The molecule has 0 bridgehead atoms. The molecule has 0 aromatic carbocycles. The third-order valence-corrected chi connectivity index (χ3v) is 3.40. The minimum Gasteiger partial charge on any atom is -0.506 e. The van der Waals surface area contributed by atoms with Crippen LogP contribution >= 0.6 is 7.82 Å². The maximum Gasteiger partial charge on any atom is 0.469 e. The van der Waals surface area contributed by atoms with E-state index in [-0.39, 0.29) is 35.5 Å². The third kappa shape index (κ3) is 5.94. The molecule has 0 saturated heterocycles. The number of nitrogens with zero attached hydrogens (tertiary/aromatic N) is 2. The number of hydrogen-bond acceptors (Lipinski definition) is 7. The van der Waals surface area contributed by atoms with Crippen LogP contribution in [0.3, 0.4) is 0 Å². The summed E-state index contributed by atoms with van der Waals surface area (Å²) in [5.74, 6) is -1.48. The van der Waals surface area contributed by atoms with E-state index in [0.29, 0.717) is 0 Å². The van der Waals surface area contributed by atoms with Crippen LogP contribution in [0.4, 0.5) is 0 Å². The van der Waals surface area contributed by atoms with Crippen LogP contribution in [0.2, 0.25) is 0 Å². The van der Waals surface area contributed by atoms with E-state index in [0.717, 1.165) is 0 Å². The molecule has 1 aromatic heterocycles. The second-order valence-electron chi connectivity index (χ2n) is 4.59. The number of aromatic hydroxyl groups is 1. The zero-order chi connectivity index (χ0) is 17.6. The molecule has 1 rings (SSSR count). The number of aryl methyl sites for hydroxylation is 1. The van der Waals surface area contributed by atoms with Crippen LogP contribution in [-0.4, -0.2) is 37.0 Å². The average Bonchev–Trinajstić information content (AvgIpc) is 2.45. The molecule has 5 N–H and O–H groups in total. The molecule has 1 atom stereocenters. The van der Waals surface area contributed by atoms with Gasteiger partial charge in [-0.2, -0.15) is 5.26 Å². The summed E-state index contributed by atoms with van der Waals surface area (Å²) in [4.78, 5) is 32.3. The lowest BCUT2D eigenvalue weighted by Gasteiger charge is -2.16. The number of carboxylic acid groups (broad SMARTS) is 1. The fourth-order valence-electron chi connectivity index (χ4n) is 1.72. The number of aromatic nitrogens is 1. The van der Waals surface area contributed by atoms with E-state index in [1.807, 2.05) is 0 Å². The van der Waals surface area contributed by atoms with Gasteiger partial charge in [-0.1, -0.05) is 0 Å². The van der Waals surface area contributed by atoms with Crippen molar-refractivity contribution in [2.45, 2.75) is 32.5 Å². The van der Waals surface area contributed by atoms with E-state index in [1.165, 1.54) is 13.1 Å². The van der Waals surface area contributed by atoms with Crippen molar-refractivity contribution in [3.05, 3.63) is 23.0 Å². The standard InChI is InChI=1S/C12H16N3O7P/c1-7-11(16)9(5-15-10(2-3-13)12(17)18)8(4-14-7)6-22-23(19,20)21/h4,10,15-16H,2,5-6H2,1H3,(H,17,18)(H2,19,20,21). The second-order valence-corrected chi connectivity index (χ2v) is 5.83. The Bertz CT molecular complexity index is 667. The van der Waals surface area contributed by atoms with Crippen LogP contribution in [0, 0.1) is 18.3 Å². The fraction of sp³-hybridized carbons (Fsp3) is 0.417. The first-order valence-corrected chi connectivity index (χ1v) is 7.88. The van der Waals surface area contributed by atoms with Gasteiger partial charge in [-0.05, 0) is 6.92 Å². The number of phosphoric acid groups is 1. The lowest BCUT2D eigenvalue weighted by Crippen LogP contribution is -2.36. The molecule has 1 heterocycles. The summed E-state index contributed by atoms with van der Waals surface area (Å²) < 4.78 is 15.1. The zero-order valence-corrected chi connectivity index (χ0v) is 13.0. The van der Waals surface area contributed by atoms with Crippen LogP contribution in [0.15, 0.2) is 6.20 Å². The number of phosphoric ester groups is 1. The number of carbonyl (C=O) groups is 1. The van der Waals surface area contributed by atoms with Crippen molar-refractivity contribution in [2.75, 3.05) is 0 Å². The van der Waals surface area contributed by atoms with Crippen LogP contribution in [-0.2, 0) is 27.0 Å². The highest BCUT2D eigenvalue weighted by Gasteiger charge is 2.21. The highest BCUT2D eigenvalue weighted by Crippen LogP contribution is 2.38. The third-order valence-electron chi connectivity index (χ3n) is 2.94. The quantitative estimate of drug-likeness (QED) is 0.408. The fourth-order valence-corrected chi connectivity index (χ4v) is 2.03. The van der Waals surface area contributed by atoms with E-state index < -0.39 is 26.4 Å². The summed E-state index contributed by atoms with van der Waals surface area (Å²) in [7, 11) is -4.71. The predicted molar refractivity (Wildman–Crippen MR) is 76.0 cm³/mol. The summed E-state index contributed by atoms with van der Waals surface area (Å²) in [6.45, 7) is 0.849. The minimum absolute atomic E-state index is 0.145. The number of hydrogen-bond donors (Lipinski definition) is 5. The van der Waals surface area contributed by atoms with Gasteiger partial charge in [-0.15, -0.1) is 0 Å². The van der Waals surface area contributed by atoms with Crippen LogP contribution in [0.25, 0.3) is 0 Å². The van der Waals surface area contributed by atoms with Gasteiger partial charge in [0.05, 0.1) is 24.8 Å². The summed E-state index contributed by atoms with van der Waals surface area (Å²) >= 11 is 0. The van der Waals surface area contributed by atoms with Crippen LogP contribution in [0.5, 0.6) is 5.75 Å². The second kappa shape index (κ2) is 8.01. The number of pyridine rings is 1. The molecule has 1 unspecified atom stereocenters. The average molecular weight is 345 g/mol. The summed E-state index contributed by atoms with van der Waals surface area (Å²) in [5.41, 5.74) is 0.633. The summed E-state index contributed by atoms with van der Waals surface area (Å²) in [6.07, 6.45) is 0.982. The molecule has 0 aliphatic rings. The Morgan fingerprint density at radius 1 is 1.57 bits per heavy atom. The van der Waals surface area contributed by atoms with E-state index >= 15 is 0 Å². The SMILES string of the molecule is Cc1ncc(COP(=O)(O)O)c(CNC(CC#N)C(=O)O)c1O. The topological polar surface area (TPSA) is 173 Å². The number of nitrogens with one attached hydrogen (secondary N) is 1. The Hall–Kier alpha value is -2.02. The molecular formula is C12H16N3O7P. The molecular weight excluding hydrogens is 329 g/mol. The highest BCUT2D eigenvalue weighted by atomic mass is 31.2. The first-order chi connectivity index (χ1) is 10.7. The summed E-state index contributed by atoms with van der Waals surface area (Å²) in [6, 6.07) is 0.576. The maximum atomic E-state index is 11.0. The molecule has 0 aliphatic heterocycles. The van der Waals surface area contributed by atoms with Crippen LogP contribution in [0.1, 0.15) is 23.2 Å². The molecule has 0 saturated carbocycles. The molecule has 1 aromatic rings. The van der Waals surface area contributed by atoms with Crippen molar-refractivity contribution in [3.8, 4) is 11.8 Å². The lowest BCUT2D eigenvalue weighted by molar-refractivity contribution is -0.139. The Morgan fingerprint density at radius 3 is 2.74 bits per heavy atom. The monoisotopic (exact) mass is 345 g/mol. The number of rotatable bonds is 8.